The van der Waals surface area contributed by atoms with Gasteiger partial charge in [-0.05, 0) is 40.0 Å². The summed E-state index contributed by atoms with van der Waals surface area (Å²) in [6, 6.07) is 0. The predicted octanol–water partition coefficient (Wildman–Crippen LogP) is 3.64. The number of aromatic nitrogens is 2. The third kappa shape index (κ3) is 3.24. The van der Waals surface area contributed by atoms with Crippen molar-refractivity contribution in [2.75, 3.05) is 0 Å². The summed E-state index contributed by atoms with van der Waals surface area (Å²) in [5.74, 6) is 0.426. The monoisotopic (exact) mass is 238 g/mol. The van der Waals surface area contributed by atoms with Crippen LogP contribution in [0, 0.1) is 0 Å². The van der Waals surface area contributed by atoms with Gasteiger partial charge < -0.3 is 5.11 Å². The van der Waals surface area contributed by atoms with Gasteiger partial charge in [0.05, 0.1) is 11.2 Å². The molecule has 0 spiro atoms. The Bertz CT molecular complexity index is 361. The van der Waals surface area contributed by atoms with Gasteiger partial charge in [0.1, 0.15) is 5.69 Å². The van der Waals surface area contributed by atoms with E-state index in [0.29, 0.717) is 5.75 Å². The lowest BCUT2D eigenvalue weighted by atomic mass is 10.1. The summed E-state index contributed by atoms with van der Waals surface area (Å²) in [6.07, 6.45) is 5.01. The van der Waals surface area contributed by atoms with Crippen molar-refractivity contribution in [2.45, 2.75) is 72.3 Å². The first kappa shape index (κ1) is 14.1. The fourth-order valence-electron chi connectivity index (χ4n) is 2.02. The van der Waals surface area contributed by atoms with Crippen LogP contribution in [0.3, 0.4) is 0 Å². The Labute approximate surface area is 105 Å². The Morgan fingerprint density at radius 2 is 1.76 bits per heavy atom. The van der Waals surface area contributed by atoms with Crippen LogP contribution in [0.4, 0.5) is 0 Å². The molecular formula is C14H26N2O. The minimum atomic E-state index is -0.0630. The zero-order valence-electron chi connectivity index (χ0n) is 11.9. The Kier molecular flexibility index (Phi) is 4.61. The standard InChI is InChI=1S/C14H26N2O/c1-6-8-10-11-13(17)12(9-7-2)16(15-11)14(3,4)5/h17H,6-10H2,1-5H3. The lowest BCUT2D eigenvalue weighted by Crippen LogP contribution is -2.25. The van der Waals surface area contributed by atoms with E-state index in [1.54, 1.807) is 0 Å². The number of aryl methyl sites for hydroxylation is 1. The quantitative estimate of drug-likeness (QED) is 0.850. The van der Waals surface area contributed by atoms with Crippen LogP contribution in [0.5, 0.6) is 5.75 Å². The molecule has 0 saturated carbocycles. The Morgan fingerprint density at radius 3 is 2.24 bits per heavy atom. The van der Waals surface area contributed by atoms with Crippen molar-refractivity contribution >= 4 is 0 Å². The summed E-state index contributed by atoms with van der Waals surface area (Å²) >= 11 is 0. The second kappa shape index (κ2) is 5.56. The molecule has 98 valence electrons. The topological polar surface area (TPSA) is 38.0 Å². The van der Waals surface area contributed by atoms with Crippen molar-refractivity contribution in [3.63, 3.8) is 0 Å². The van der Waals surface area contributed by atoms with Crippen LogP contribution < -0.4 is 0 Å². The lowest BCUT2D eigenvalue weighted by molar-refractivity contribution is 0.337. The average molecular weight is 238 g/mol. The minimum Gasteiger partial charge on any atom is -0.504 e. The van der Waals surface area contributed by atoms with Crippen LogP contribution in [0.2, 0.25) is 0 Å². The zero-order valence-corrected chi connectivity index (χ0v) is 11.9. The van der Waals surface area contributed by atoms with Crippen LogP contribution in [-0.4, -0.2) is 14.9 Å². The van der Waals surface area contributed by atoms with Gasteiger partial charge in [-0.3, -0.25) is 4.68 Å². The maximum atomic E-state index is 10.2. The second-order valence-electron chi connectivity index (χ2n) is 5.68. The summed E-state index contributed by atoms with van der Waals surface area (Å²) in [7, 11) is 0. The molecule has 1 rings (SSSR count). The third-order valence-corrected chi connectivity index (χ3v) is 2.91. The molecule has 1 N–H and O–H groups in total. The molecule has 0 fully saturated rings. The fraction of sp³-hybridized carbons (Fsp3) is 0.786. The summed E-state index contributed by atoms with van der Waals surface area (Å²) in [4.78, 5) is 0. The molecule has 0 radical (unpaired) electrons. The van der Waals surface area contributed by atoms with Crippen molar-refractivity contribution in [1.29, 1.82) is 0 Å². The van der Waals surface area contributed by atoms with Crippen LogP contribution in [0.1, 0.15) is 65.3 Å². The van der Waals surface area contributed by atoms with Gasteiger partial charge in [0.15, 0.2) is 5.75 Å². The van der Waals surface area contributed by atoms with Crippen LogP contribution >= 0.6 is 0 Å². The van der Waals surface area contributed by atoms with E-state index >= 15 is 0 Å². The second-order valence-corrected chi connectivity index (χ2v) is 5.68. The molecule has 3 heteroatoms. The molecule has 1 aromatic rings. The smallest absolute Gasteiger partial charge is 0.160 e. The summed E-state index contributed by atoms with van der Waals surface area (Å²) in [5.41, 5.74) is 1.79. The highest BCUT2D eigenvalue weighted by molar-refractivity contribution is 5.33. The maximum Gasteiger partial charge on any atom is 0.160 e. The number of hydrogen-bond acceptors (Lipinski definition) is 2. The zero-order chi connectivity index (χ0) is 13.1. The first-order valence-corrected chi connectivity index (χ1v) is 6.72. The molecule has 1 aromatic heterocycles. The van der Waals surface area contributed by atoms with E-state index in [9.17, 15) is 5.11 Å². The molecule has 17 heavy (non-hydrogen) atoms. The molecule has 0 bridgehead atoms. The maximum absolute atomic E-state index is 10.2. The van der Waals surface area contributed by atoms with Crippen molar-refractivity contribution in [1.82, 2.24) is 9.78 Å². The number of unbranched alkanes of at least 4 members (excludes halogenated alkanes) is 1. The van der Waals surface area contributed by atoms with Crippen molar-refractivity contribution in [2.24, 2.45) is 0 Å². The van der Waals surface area contributed by atoms with Gasteiger partial charge in [-0.2, -0.15) is 5.10 Å². The van der Waals surface area contributed by atoms with Crippen molar-refractivity contribution in [3.05, 3.63) is 11.4 Å². The van der Waals surface area contributed by atoms with Gasteiger partial charge in [0, 0.05) is 0 Å². The Morgan fingerprint density at radius 1 is 1.12 bits per heavy atom. The van der Waals surface area contributed by atoms with Crippen molar-refractivity contribution < 1.29 is 5.11 Å². The third-order valence-electron chi connectivity index (χ3n) is 2.91. The van der Waals surface area contributed by atoms with Crippen LogP contribution in [-0.2, 0) is 18.4 Å². The number of nitrogens with zero attached hydrogens (tertiary/aromatic N) is 2. The molecule has 0 saturated heterocycles. The van der Waals surface area contributed by atoms with E-state index in [4.69, 9.17) is 0 Å². The number of hydrogen-bond donors (Lipinski definition) is 1. The van der Waals surface area contributed by atoms with Crippen LogP contribution in [0.15, 0.2) is 0 Å². The van der Waals surface area contributed by atoms with Gasteiger partial charge in [0.2, 0.25) is 0 Å². The van der Waals surface area contributed by atoms with Gasteiger partial charge in [-0.25, -0.2) is 0 Å². The van der Waals surface area contributed by atoms with E-state index < -0.39 is 0 Å². The summed E-state index contributed by atoms with van der Waals surface area (Å²) in [5, 5.41) is 14.9. The first-order chi connectivity index (χ1) is 7.91. The van der Waals surface area contributed by atoms with E-state index in [-0.39, 0.29) is 5.54 Å². The molecular weight excluding hydrogens is 212 g/mol. The number of rotatable bonds is 5. The molecule has 0 aliphatic carbocycles. The molecule has 0 aliphatic heterocycles. The molecule has 0 amide bonds. The normalized spacial score (nSPS) is 12.1. The van der Waals surface area contributed by atoms with E-state index in [1.165, 1.54) is 0 Å². The molecule has 0 atom stereocenters. The largest absolute Gasteiger partial charge is 0.504 e. The van der Waals surface area contributed by atoms with Gasteiger partial charge in [-0.15, -0.1) is 0 Å². The highest BCUT2D eigenvalue weighted by Crippen LogP contribution is 2.29. The highest BCUT2D eigenvalue weighted by Gasteiger charge is 2.23. The van der Waals surface area contributed by atoms with E-state index in [2.05, 4.69) is 39.7 Å². The SMILES string of the molecule is CCCCc1nn(C(C)(C)C)c(CCC)c1O. The summed E-state index contributed by atoms with van der Waals surface area (Å²) < 4.78 is 2.00. The first-order valence-electron chi connectivity index (χ1n) is 6.72. The van der Waals surface area contributed by atoms with E-state index in [0.717, 1.165) is 43.5 Å². The van der Waals surface area contributed by atoms with Gasteiger partial charge in [0.25, 0.3) is 0 Å². The van der Waals surface area contributed by atoms with E-state index in [1.807, 2.05) is 4.68 Å². The molecule has 1 heterocycles. The molecule has 0 aromatic carbocycles. The average Bonchev–Trinajstić information content (AvgIpc) is 2.54. The number of aromatic hydroxyl groups is 1. The lowest BCUT2D eigenvalue weighted by Gasteiger charge is -2.22. The van der Waals surface area contributed by atoms with Crippen molar-refractivity contribution in [3.8, 4) is 5.75 Å². The minimum absolute atomic E-state index is 0.0630. The van der Waals surface area contributed by atoms with Gasteiger partial charge in [-0.1, -0.05) is 26.7 Å². The molecule has 0 aliphatic rings. The summed E-state index contributed by atoms with van der Waals surface area (Å²) in [6.45, 7) is 10.7. The van der Waals surface area contributed by atoms with Crippen LogP contribution in [0.25, 0.3) is 0 Å². The Balaban J connectivity index is 3.10. The highest BCUT2D eigenvalue weighted by atomic mass is 16.3. The predicted molar refractivity (Wildman–Crippen MR) is 71.5 cm³/mol. The van der Waals surface area contributed by atoms with Gasteiger partial charge >= 0.3 is 0 Å². The molecule has 3 nitrogen and oxygen atoms in total. The fourth-order valence-corrected chi connectivity index (χ4v) is 2.02. The molecule has 0 unspecified atom stereocenters. The Hall–Kier alpha value is -0.990.